The highest BCUT2D eigenvalue weighted by Crippen LogP contribution is 2.31. The average molecular weight is 435 g/mol. The topological polar surface area (TPSA) is 42.0 Å². The van der Waals surface area contributed by atoms with Crippen LogP contribution in [0.3, 0.4) is 0 Å². The maximum absolute atomic E-state index is 13.4. The summed E-state index contributed by atoms with van der Waals surface area (Å²) < 4.78 is 11.2. The summed E-state index contributed by atoms with van der Waals surface area (Å²) in [7, 11) is 1.67. The zero-order valence-corrected chi connectivity index (χ0v) is 19.0. The van der Waals surface area contributed by atoms with E-state index in [9.17, 15) is 4.79 Å². The van der Waals surface area contributed by atoms with E-state index in [-0.39, 0.29) is 5.92 Å². The monoisotopic (exact) mass is 434 g/mol. The van der Waals surface area contributed by atoms with Crippen molar-refractivity contribution in [3.8, 4) is 11.5 Å². The van der Waals surface area contributed by atoms with Crippen LogP contribution in [0.1, 0.15) is 24.8 Å². The first kappa shape index (κ1) is 22.4. The van der Waals surface area contributed by atoms with Gasteiger partial charge in [0.05, 0.1) is 7.11 Å². The van der Waals surface area contributed by atoms with Crippen molar-refractivity contribution in [1.29, 1.82) is 0 Å². The lowest BCUT2D eigenvalue weighted by Gasteiger charge is -2.36. The molecule has 0 spiro atoms. The summed E-state index contributed by atoms with van der Waals surface area (Å²) in [6, 6.07) is 18.0. The molecule has 2 aromatic rings. The molecule has 1 saturated heterocycles. The molecule has 1 amide bonds. The van der Waals surface area contributed by atoms with Gasteiger partial charge in [-0.25, -0.2) is 0 Å². The number of allylic oxidation sites excluding steroid dienone is 1. The van der Waals surface area contributed by atoms with Crippen molar-refractivity contribution in [2.45, 2.75) is 25.8 Å². The zero-order valence-electron chi connectivity index (χ0n) is 19.0. The molecule has 170 valence electrons. The van der Waals surface area contributed by atoms with Gasteiger partial charge in [0.2, 0.25) is 5.91 Å². The number of likely N-dealkylation sites (tertiary alicyclic amines) is 1. The Balaban J connectivity index is 1.25. The third-order valence-corrected chi connectivity index (χ3v) is 6.65. The molecule has 4 rings (SSSR count). The number of hydrogen-bond acceptors (Lipinski definition) is 4. The second kappa shape index (κ2) is 11.2. The molecule has 5 nitrogen and oxygen atoms in total. The van der Waals surface area contributed by atoms with Crippen molar-refractivity contribution in [3.63, 3.8) is 0 Å². The molecule has 0 N–H and O–H groups in total. The Kier molecular flexibility index (Phi) is 7.83. The van der Waals surface area contributed by atoms with Crippen LogP contribution in [0.2, 0.25) is 0 Å². The van der Waals surface area contributed by atoms with E-state index in [1.54, 1.807) is 7.11 Å². The van der Waals surface area contributed by atoms with E-state index in [0.29, 0.717) is 31.5 Å². The van der Waals surface area contributed by atoms with E-state index in [1.807, 2.05) is 47.4 Å². The molecule has 1 atom stereocenters. The molecule has 0 bridgehead atoms. The summed E-state index contributed by atoms with van der Waals surface area (Å²) in [4.78, 5) is 17.8. The number of methoxy groups -OCH3 is 1. The summed E-state index contributed by atoms with van der Waals surface area (Å²) in [6.07, 6.45) is 7.38. The first-order valence-electron chi connectivity index (χ1n) is 11.7. The van der Waals surface area contributed by atoms with Crippen LogP contribution in [0.15, 0.2) is 66.7 Å². The van der Waals surface area contributed by atoms with E-state index >= 15 is 0 Å². The second-order valence-corrected chi connectivity index (χ2v) is 8.72. The molecule has 0 saturated carbocycles. The van der Waals surface area contributed by atoms with Crippen LogP contribution in [-0.4, -0.2) is 55.6 Å². The zero-order chi connectivity index (χ0) is 22.2. The SMILES string of the molecule is COc1cccc(OCCN2CCC(C3CC=CCN(Cc4ccccc4)C3=O)CC2)c1. The predicted molar refractivity (Wildman–Crippen MR) is 127 cm³/mol. The van der Waals surface area contributed by atoms with Crippen molar-refractivity contribution in [2.24, 2.45) is 11.8 Å². The van der Waals surface area contributed by atoms with E-state index in [4.69, 9.17) is 9.47 Å². The number of nitrogens with zero attached hydrogens (tertiary/aromatic N) is 2. The third kappa shape index (κ3) is 5.92. The maximum Gasteiger partial charge on any atom is 0.226 e. The standard InChI is InChI=1S/C27H34N2O3/c1-31-24-10-7-11-25(20-24)32-19-18-28-16-13-23(14-17-28)26-12-5-6-15-29(27(26)30)21-22-8-3-2-4-9-22/h2-11,20,23,26H,12-19,21H2,1H3. The average Bonchev–Trinajstić information content (AvgIpc) is 3.02. The van der Waals surface area contributed by atoms with Crippen molar-refractivity contribution in [2.75, 3.05) is 39.9 Å². The fourth-order valence-corrected chi connectivity index (χ4v) is 4.77. The van der Waals surface area contributed by atoms with Crippen molar-refractivity contribution in [1.82, 2.24) is 9.80 Å². The first-order valence-corrected chi connectivity index (χ1v) is 11.7. The Labute approximate surface area is 191 Å². The minimum absolute atomic E-state index is 0.104. The summed E-state index contributed by atoms with van der Waals surface area (Å²) in [5.74, 6) is 2.53. The normalized spacial score (nSPS) is 20.2. The van der Waals surface area contributed by atoms with Crippen LogP contribution < -0.4 is 9.47 Å². The summed E-state index contributed by atoms with van der Waals surface area (Å²) in [5, 5.41) is 0. The Morgan fingerprint density at radius 1 is 0.969 bits per heavy atom. The molecule has 2 aromatic carbocycles. The maximum atomic E-state index is 13.4. The van der Waals surface area contributed by atoms with E-state index in [0.717, 1.165) is 50.4 Å². The van der Waals surface area contributed by atoms with Crippen LogP contribution >= 0.6 is 0 Å². The number of carbonyl (C=O) groups excluding carboxylic acids is 1. The van der Waals surface area contributed by atoms with Gasteiger partial charge < -0.3 is 14.4 Å². The Morgan fingerprint density at radius 3 is 2.53 bits per heavy atom. The quantitative estimate of drug-likeness (QED) is 0.578. The van der Waals surface area contributed by atoms with Gasteiger partial charge >= 0.3 is 0 Å². The molecule has 2 aliphatic heterocycles. The van der Waals surface area contributed by atoms with Crippen molar-refractivity contribution in [3.05, 3.63) is 72.3 Å². The lowest BCUT2D eigenvalue weighted by Crippen LogP contribution is -2.43. The molecule has 32 heavy (non-hydrogen) atoms. The lowest BCUT2D eigenvalue weighted by atomic mass is 9.81. The number of amides is 1. The number of piperidine rings is 1. The smallest absolute Gasteiger partial charge is 0.226 e. The van der Waals surface area contributed by atoms with Gasteiger partial charge in [0, 0.05) is 31.6 Å². The van der Waals surface area contributed by atoms with Crippen LogP contribution in [0.25, 0.3) is 0 Å². The molecule has 5 heteroatoms. The molecule has 1 fully saturated rings. The van der Waals surface area contributed by atoms with Crippen molar-refractivity contribution < 1.29 is 14.3 Å². The summed E-state index contributed by atoms with van der Waals surface area (Å²) in [6.45, 7) is 5.03. The highest BCUT2D eigenvalue weighted by atomic mass is 16.5. The molecular formula is C27H34N2O3. The molecular weight excluding hydrogens is 400 g/mol. The largest absolute Gasteiger partial charge is 0.497 e. The molecule has 2 heterocycles. The fraction of sp³-hybridized carbons (Fsp3) is 0.444. The molecule has 2 aliphatic rings. The highest BCUT2D eigenvalue weighted by Gasteiger charge is 2.34. The van der Waals surface area contributed by atoms with Gasteiger partial charge in [-0.15, -0.1) is 0 Å². The molecule has 0 radical (unpaired) electrons. The highest BCUT2D eigenvalue weighted by molar-refractivity contribution is 5.80. The minimum Gasteiger partial charge on any atom is -0.497 e. The van der Waals surface area contributed by atoms with E-state index in [2.05, 4.69) is 29.2 Å². The minimum atomic E-state index is 0.104. The molecule has 0 aliphatic carbocycles. The molecule has 1 unspecified atom stereocenters. The van der Waals surface area contributed by atoms with Gasteiger partial charge in [0.25, 0.3) is 0 Å². The number of benzene rings is 2. The fourth-order valence-electron chi connectivity index (χ4n) is 4.77. The Morgan fingerprint density at radius 2 is 1.75 bits per heavy atom. The number of hydrogen-bond donors (Lipinski definition) is 0. The molecule has 0 aromatic heterocycles. The van der Waals surface area contributed by atoms with Crippen molar-refractivity contribution >= 4 is 5.91 Å². The van der Waals surface area contributed by atoms with Crippen LogP contribution in [0.5, 0.6) is 11.5 Å². The van der Waals surface area contributed by atoms with Crippen LogP contribution in [0, 0.1) is 11.8 Å². The lowest BCUT2D eigenvalue weighted by molar-refractivity contribution is -0.137. The van der Waals surface area contributed by atoms with Crippen LogP contribution in [-0.2, 0) is 11.3 Å². The van der Waals surface area contributed by atoms with Gasteiger partial charge in [0.15, 0.2) is 0 Å². The van der Waals surface area contributed by atoms with E-state index < -0.39 is 0 Å². The number of carbonyl (C=O) groups is 1. The summed E-state index contributed by atoms with van der Waals surface area (Å²) in [5.41, 5.74) is 1.20. The van der Waals surface area contributed by atoms with Gasteiger partial charge in [-0.2, -0.15) is 0 Å². The Hall–Kier alpha value is -2.79. The van der Waals surface area contributed by atoms with Gasteiger partial charge in [-0.3, -0.25) is 9.69 Å². The van der Waals surface area contributed by atoms with Crippen LogP contribution in [0.4, 0.5) is 0 Å². The number of rotatable bonds is 8. The Bertz CT molecular complexity index is 891. The third-order valence-electron chi connectivity index (χ3n) is 6.65. The number of ether oxygens (including phenoxy) is 2. The predicted octanol–water partition coefficient (Wildman–Crippen LogP) is 4.39. The first-order chi connectivity index (χ1) is 15.7. The van der Waals surface area contributed by atoms with Gasteiger partial charge in [0.1, 0.15) is 18.1 Å². The summed E-state index contributed by atoms with van der Waals surface area (Å²) >= 11 is 0. The van der Waals surface area contributed by atoms with E-state index in [1.165, 1.54) is 5.56 Å². The second-order valence-electron chi connectivity index (χ2n) is 8.72. The van der Waals surface area contributed by atoms with Gasteiger partial charge in [-0.1, -0.05) is 48.6 Å². The van der Waals surface area contributed by atoms with Gasteiger partial charge in [-0.05, 0) is 56.0 Å².